The number of hydrogen-bond acceptors (Lipinski definition) is 8. The number of thioether (sulfide) groups is 1. The van der Waals surface area contributed by atoms with Crippen LogP contribution in [0.3, 0.4) is 0 Å². The van der Waals surface area contributed by atoms with Gasteiger partial charge >= 0.3 is 0 Å². The number of aromatic nitrogens is 4. The maximum atomic E-state index is 12.1. The lowest BCUT2D eigenvalue weighted by atomic mass is 10.2. The Balaban J connectivity index is 2.04. The van der Waals surface area contributed by atoms with Crippen molar-refractivity contribution < 1.29 is 14.5 Å². The lowest BCUT2D eigenvalue weighted by Gasteiger charge is -2.09. The minimum Gasteiger partial charge on any atom is -0.494 e. The molecule has 0 unspecified atom stereocenters. The summed E-state index contributed by atoms with van der Waals surface area (Å²) in [7, 11) is 0. The molecule has 0 bridgehead atoms. The molecule has 1 amide bonds. The van der Waals surface area contributed by atoms with Gasteiger partial charge in [-0.15, -0.1) is 5.10 Å². The van der Waals surface area contributed by atoms with E-state index in [4.69, 9.17) is 4.74 Å². The molecular formula is C14H18N6O4S. The van der Waals surface area contributed by atoms with Gasteiger partial charge in [-0.25, -0.2) is 4.68 Å². The summed E-state index contributed by atoms with van der Waals surface area (Å²) in [6.45, 7) is 6.02. The highest BCUT2D eigenvalue weighted by Gasteiger charge is 2.18. The van der Waals surface area contributed by atoms with Gasteiger partial charge in [-0.05, 0) is 43.3 Å². The van der Waals surface area contributed by atoms with Crippen molar-refractivity contribution in [2.24, 2.45) is 0 Å². The van der Waals surface area contributed by atoms with Gasteiger partial charge in [0, 0.05) is 0 Å². The summed E-state index contributed by atoms with van der Waals surface area (Å²) in [6.07, 6.45) is 0. The van der Waals surface area contributed by atoms with E-state index < -0.39 is 10.8 Å². The van der Waals surface area contributed by atoms with E-state index in [2.05, 4.69) is 20.8 Å². The standard InChI is InChI=1S/C14H18N6O4S/c1-4-24-10-5-6-11(12(7-10)20(22)23)15-13(21)8-25-14-16-17-18-19(14)9(2)3/h5-7,9H,4,8H2,1-3H3,(H,15,21). The van der Waals surface area contributed by atoms with Crippen molar-refractivity contribution in [2.45, 2.75) is 32.0 Å². The smallest absolute Gasteiger partial charge is 0.296 e. The second-order valence-corrected chi connectivity index (χ2v) is 6.15. The number of carbonyl (C=O) groups excluding carboxylic acids is 1. The van der Waals surface area contributed by atoms with Crippen LogP contribution in [0.25, 0.3) is 0 Å². The average molecular weight is 366 g/mol. The van der Waals surface area contributed by atoms with E-state index in [-0.39, 0.29) is 23.2 Å². The number of amides is 1. The Labute approximate surface area is 148 Å². The summed E-state index contributed by atoms with van der Waals surface area (Å²) < 4.78 is 6.84. The van der Waals surface area contributed by atoms with Crippen LogP contribution in [-0.4, -0.2) is 43.4 Å². The van der Waals surface area contributed by atoms with Gasteiger partial charge in [-0.1, -0.05) is 11.8 Å². The molecule has 0 aliphatic carbocycles. The molecule has 0 atom stereocenters. The molecule has 0 saturated carbocycles. The lowest BCUT2D eigenvalue weighted by Crippen LogP contribution is -2.16. The van der Waals surface area contributed by atoms with Crippen LogP contribution >= 0.6 is 11.8 Å². The summed E-state index contributed by atoms with van der Waals surface area (Å²) in [6, 6.07) is 4.36. The summed E-state index contributed by atoms with van der Waals surface area (Å²) in [5.74, 6) is 0.00512. The lowest BCUT2D eigenvalue weighted by molar-refractivity contribution is -0.384. The van der Waals surface area contributed by atoms with Gasteiger partial charge in [-0.2, -0.15) is 0 Å². The van der Waals surface area contributed by atoms with Crippen LogP contribution in [0.15, 0.2) is 23.4 Å². The number of nitrogens with one attached hydrogen (secondary N) is 1. The normalized spacial score (nSPS) is 10.7. The zero-order chi connectivity index (χ0) is 18.4. The molecule has 1 aromatic heterocycles. The highest BCUT2D eigenvalue weighted by molar-refractivity contribution is 7.99. The van der Waals surface area contributed by atoms with Gasteiger partial charge in [0.05, 0.1) is 29.4 Å². The largest absolute Gasteiger partial charge is 0.494 e. The molecule has 1 N–H and O–H groups in total. The van der Waals surface area contributed by atoms with E-state index in [1.54, 1.807) is 17.7 Å². The number of ether oxygens (including phenoxy) is 1. The van der Waals surface area contributed by atoms with Crippen LogP contribution in [0.4, 0.5) is 11.4 Å². The fourth-order valence-electron chi connectivity index (χ4n) is 1.95. The molecule has 0 radical (unpaired) electrons. The number of anilines is 1. The van der Waals surface area contributed by atoms with E-state index in [1.807, 2.05) is 13.8 Å². The first-order chi connectivity index (χ1) is 11.9. The van der Waals surface area contributed by atoms with Crippen LogP contribution in [-0.2, 0) is 4.79 Å². The minimum absolute atomic E-state index is 0.0253. The molecule has 10 nitrogen and oxygen atoms in total. The zero-order valence-corrected chi connectivity index (χ0v) is 14.8. The Morgan fingerprint density at radius 1 is 1.48 bits per heavy atom. The van der Waals surface area contributed by atoms with E-state index >= 15 is 0 Å². The Morgan fingerprint density at radius 2 is 2.24 bits per heavy atom. The summed E-state index contributed by atoms with van der Waals surface area (Å²) >= 11 is 1.16. The highest BCUT2D eigenvalue weighted by atomic mass is 32.2. The number of tetrazole rings is 1. The van der Waals surface area contributed by atoms with Crippen molar-refractivity contribution in [1.82, 2.24) is 20.2 Å². The van der Waals surface area contributed by atoms with E-state index in [1.165, 1.54) is 12.1 Å². The summed E-state index contributed by atoms with van der Waals surface area (Å²) in [5.41, 5.74) is -0.112. The quantitative estimate of drug-likeness (QED) is 0.428. The number of rotatable bonds is 8. The van der Waals surface area contributed by atoms with Crippen LogP contribution in [0.2, 0.25) is 0 Å². The van der Waals surface area contributed by atoms with Crippen molar-refractivity contribution >= 4 is 29.0 Å². The van der Waals surface area contributed by atoms with Crippen molar-refractivity contribution in [3.05, 3.63) is 28.3 Å². The third kappa shape index (κ3) is 4.89. The third-order valence-electron chi connectivity index (χ3n) is 3.04. The first kappa shape index (κ1) is 18.6. The van der Waals surface area contributed by atoms with Gasteiger partial charge in [-0.3, -0.25) is 14.9 Å². The number of nitro benzene ring substituents is 1. The fraction of sp³-hybridized carbons (Fsp3) is 0.429. The summed E-state index contributed by atoms with van der Waals surface area (Å²) in [5, 5.41) is 25.5. The summed E-state index contributed by atoms with van der Waals surface area (Å²) in [4.78, 5) is 22.7. The number of carbonyl (C=O) groups is 1. The van der Waals surface area contributed by atoms with Crippen molar-refractivity contribution in [3.63, 3.8) is 0 Å². The Kier molecular flexibility index (Phi) is 6.28. The first-order valence-corrected chi connectivity index (χ1v) is 8.52. The van der Waals surface area contributed by atoms with Gasteiger partial charge < -0.3 is 10.1 Å². The molecule has 2 rings (SSSR count). The van der Waals surface area contributed by atoms with Crippen LogP contribution in [0, 0.1) is 10.1 Å². The molecule has 2 aromatic rings. The Hall–Kier alpha value is -2.69. The van der Waals surface area contributed by atoms with Crippen LogP contribution < -0.4 is 10.1 Å². The van der Waals surface area contributed by atoms with Crippen LogP contribution in [0.1, 0.15) is 26.8 Å². The second-order valence-electron chi connectivity index (χ2n) is 5.21. The molecule has 0 aliphatic rings. The second kappa shape index (κ2) is 8.42. The molecule has 0 fully saturated rings. The Morgan fingerprint density at radius 3 is 2.88 bits per heavy atom. The van der Waals surface area contributed by atoms with Gasteiger partial charge in [0.25, 0.3) is 5.69 Å². The molecule has 0 aliphatic heterocycles. The maximum Gasteiger partial charge on any atom is 0.296 e. The maximum absolute atomic E-state index is 12.1. The average Bonchev–Trinajstić information content (AvgIpc) is 3.03. The van der Waals surface area contributed by atoms with Crippen molar-refractivity contribution in [2.75, 3.05) is 17.7 Å². The molecular weight excluding hydrogens is 348 g/mol. The number of benzene rings is 1. The fourth-order valence-corrected chi connectivity index (χ4v) is 2.75. The van der Waals surface area contributed by atoms with E-state index in [0.717, 1.165) is 11.8 Å². The SMILES string of the molecule is CCOc1ccc(NC(=O)CSc2nnnn2C(C)C)c([N+](=O)[O-])c1. The predicted octanol–water partition coefficient (Wildman–Crippen LogP) is 2.29. The molecule has 134 valence electrons. The van der Waals surface area contributed by atoms with Crippen molar-refractivity contribution in [1.29, 1.82) is 0 Å². The molecule has 11 heteroatoms. The van der Waals surface area contributed by atoms with Gasteiger partial charge in [0.2, 0.25) is 11.1 Å². The van der Waals surface area contributed by atoms with E-state index in [0.29, 0.717) is 17.5 Å². The molecule has 1 heterocycles. The highest BCUT2D eigenvalue weighted by Crippen LogP contribution is 2.29. The molecule has 25 heavy (non-hydrogen) atoms. The molecule has 1 aromatic carbocycles. The van der Waals surface area contributed by atoms with Gasteiger partial charge in [0.1, 0.15) is 11.4 Å². The minimum atomic E-state index is -0.565. The molecule has 0 spiro atoms. The topological polar surface area (TPSA) is 125 Å². The zero-order valence-electron chi connectivity index (χ0n) is 14.0. The number of hydrogen-bond donors (Lipinski definition) is 1. The Bertz CT molecular complexity index is 764. The third-order valence-corrected chi connectivity index (χ3v) is 3.97. The first-order valence-electron chi connectivity index (χ1n) is 7.54. The monoisotopic (exact) mass is 366 g/mol. The predicted molar refractivity (Wildman–Crippen MR) is 91.8 cm³/mol. The van der Waals surface area contributed by atoms with Crippen molar-refractivity contribution in [3.8, 4) is 5.75 Å². The molecule has 0 saturated heterocycles. The number of nitro groups is 1. The van der Waals surface area contributed by atoms with Crippen LogP contribution in [0.5, 0.6) is 5.75 Å². The van der Waals surface area contributed by atoms with E-state index in [9.17, 15) is 14.9 Å². The number of nitrogens with zero attached hydrogens (tertiary/aromatic N) is 5. The van der Waals surface area contributed by atoms with Gasteiger partial charge in [0.15, 0.2) is 0 Å².